The number of nitrogens with two attached hydrogens (primary N) is 1. The van der Waals surface area contributed by atoms with Gasteiger partial charge in [-0.15, -0.1) is 5.10 Å². The highest BCUT2D eigenvalue weighted by atomic mass is 16.3. The number of rotatable bonds is 6. The van der Waals surface area contributed by atoms with E-state index in [-0.39, 0.29) is 12.5 Å². The molecule has 1 amide bonds. The number of hydrogen-bond acceptors (Lipinski definition) is 5. The number of aryl methyl sites for hydroxylation is 1. The second-order valence-electron chi connectivity index (χ2n) is 5.38. The van der Waals surface area contributed by atoms with Crippen LogP contribution in [0.15, 0.2) is 22.7 Å². The lowest BCUT2D eigenvalue weighted by molar-refractivity contribution is -0.133. The molecule has 1 saturated carbocycles. The van der Waals surface area contributed by atoms with Gasteiger partial charge >= 0.3 is 0 Å². The summed E-state index contributed by atoms with van der Waals surface area (Å²) in [5.74, 6) is 1.70. The van der Waals surface area contributed by atoms with Crippen molar-refractivity contribution in [3.05, 3.63) is 35.5 Å². The first-order valence-corrected chi connectivity index (χ1v) is 7.09. The quantitative estimate of drug-likeness (QED) is 0.850. The van der Waals surface area contributed by atoms with E-state index in [1.54, 1.807) is 6.20 Å². The molecule has 0 saturated heterocycles. The van der Waals surface area contributed by atoms with Gasteiger partial charge in [-0.3, -0.25) is 4.79 Å². The third-order valence-corrected chi connectivity index (χ3v) is 3.52. The van der Waals surface area contributed by atoms with Crippen molar-refractivity contribution in [2.45, 2.75) is 45.4 Å². The molecule has 2 N–H and O–H groups in total. The summed E-state index contributed by atoms with van der Waals surface area (Å²) in [4.78, 5) is 14.3. The molecule has 0 unspecified atom stereocenters. The van der Waals surface area contributed by atoms with Gasteiger partial charge in [0.25, 0.3) is 0 Å². The van der Waals surface area contributed by atoms with E-state index in [4.69, 9.17) is 10.2 Å². The molecule has 0 radical (unpaired) electrons. The molecular formula is C14H19N5O2. The Morgan fingerprint density at radius 2 is 2.33 bits per heavy atom. The standard InChI is InChI=1S/C14H19N5O2/c1-10-2-5-13(21-10)8-19(12-3-4-12)14(20)9-18-7-11(6-15)16-17-18/h2,5,7,12H,3-4,6,8-9,15H2,1H3. The average Bonchev–Trinajstić information content (AvgIpc) is 3.07. The zero-order valence-corrected chi connectivity index (χ0v) is 12.0. The third kappa shape index (κ3) is 3.30. The van der Waals surface area contributed by atoms with Gasteiger partial charge in [-0.05, 0) is 31.9 Å². The van der Waals surface area contributed by atoms with Gasteiger partial charge in [0.2, 0.25) is 5.91 Å². The Labute approximate surface area is 122 Å². The highest BCUT2D eigenvalue weighted by molar-refractivity contribution is 5.76. The maximum Gasteiger partial charge on any atom is 0.245 e. The lowest BCUT2D eigenvalue weighted by atomic mass is 10.3. The smallest absolute Gasteiger partial charge is 0.245 e. The Kier molecular flexibility index (Phi) is 3.74. The van der Waals surface area contributed by atoms with Gasteiger partial charge in [-0.1, -0.05) is 5.21 Å². The molecule has 0 aromatic carbocycles. The largest absolute Gasteiger partial charge is 0.464 e. The highest BCUT2D eigenvalue weighted by Crippen LogP contribution is 2.29. The summed E-state index contributed by atoms with van der Waals surface area (Å²) in [6.45, 7) is 2.92. The summed E-state index contributed by atoms with van der Waals surface area (Å²) in [7, 11) is 0. The minimum Gasteiger partial charge on any atom is -0.464 e. The van der Waals surface area contributed by atoms with Crippen LogP contribution in [0.2, 0.25) is 0 Å². The van der Waals surface area contributed by atoms with Crippen molar-refractivity contribution in [3.8, 4) is 0 Å². The number of carbonyl (C=O) groups excluding carboxylic acids is 1. The monoisotopic (exact) mass is 289 g/mol. The Bertz CT molecular complexity index is 629. The van der Waals surface area contributed by atoms with Gasteiger partial charge in [-0.25, -0.2) is 4.68 Å². The van der Waals surface area contributed by atoms with Crippen LogP contribution in [0.5, 0.6) is 0 Å². The van der Waals surface area contributed by atoms with E-state index >= 15 is 0 Å². The molecule has 7 nitrogen and oxygen atoms in total. The van der Waals surface area contributed by atoms with E-state index in [2.05, 4.69) is 10.3 Å². The molecular weight excluding hydrogens is 270 g/mol. The molecule has 1 fully saturated rings. The first kappa shape index (κ1) is 13.8. The van der Waals surface area contributed by atoms with E-state index in [0.717, 1.165) is 24.4 Å². The van der Waals surface area contributed by atoms with Crippen molar-refractivity contribution in [1.29, 1.82) is 0 Å². The van der Waals surface area contributed by atoms with Gasteiger partial charge in [-0.2, -0.15) is 0 Å². The topological polar surface area (TPSA) is 90.2 Å². The molecule has 2 heterocycles. The average molecular weight is 289 g/mol. The summed E-state index contributed by atoms with van der Waals surface area (Å²) in [6.07, 6.45) is 3.81. The molecule has 2 aromatic heterocycles. The van der Waals surface area contributed by atoms with Crippen molar-refractivity contribution in [3.63, 3.8) is 0 Å². The SMILES string of the molecule is Cc1ccc(CN(C(=O)Cn2cc(CN)nn2)C2CC2)o1. The molecule has 1 aliphatic rings. The van der Waals surface area contributed by atoms with Crippen LogP contribution < -0.4 is 5.73 Å². The molecule has 0 atom stereocenters. The minimum absolute atomic E-state index is 0.0278. The van der Waals surface area contributed by atoms with Crippen LogP contribution >= 0.6 is 0 Å². The molecule has 0 aliphatic heterocycles. The van der Waals surface area contributed by atoms with Gasteiger partial charge < -0.3 is 15.1 Å². The van der Waals surface area contributed by atoms with Crippen molar-refractivity contribution in [1.82, 2.24) is 19.9 Å². The predicted molar refractivity (Wildman–Crippen MR) is 74.9 cm³/mol. The molecule has 3 rings (SSSR count). The second kappa shape index (κ2) is 5.69. The fourth-order valence-corrected chi connectivity index (χ4v) is 2.28. The highest BCUT2D eigenvalue weighted by Gasteiger charge is 2.33. The Morgan fingerprint density at radius 3 is 2.90 bits per heavy atom. The molecule has 1 aliphatic carbocycles. The zero-order chi connectivity index (χ0) is 14.8. The number of hydrogen-bond donors (Lipinski definition) is 1. The van der Waals surface area contributed by atoms with E-state index in [9.17, 15) is 4.79 Å². The summed E-state index contributed by atoms with van der Waals surface area (Å²) >= 11 is 0. The van der Waals surface area contributed by atoms with E-state index < -0.39 is 0 Å². The number of nitrogens with zero attached hydrogens (tertiary/aromatic N) is 4. The van der Waals surface area contributed by atoms with Crippen LogP contribution in [-0.2, 0) is 24.4 Å². The number of amides is 1. The van der Waals surface area contributed by atoms with Crippen molar-refractivity contribution < 1.29 is 9.21 Å². The molecule has 112 valence electrons. The van der Waals surface area contributed by atoms with Crippen LogP contribution in [0.4, 0.5) is 0 Å². The third-order valence-electron chi connectivity index (χ3n) is 3.52. The minimum atomic E-state index is 0.0278. The van der Waals surface area contributed by atoms with Crippen molar-refractivity contribution >= 4 is 5.91 Å². The zero-order valence-electron chi connectivity index (χ0n) is 12.0. The van der Waals surface area contributed by atoms with Gasteiger partial charge in [0.1, 0.15) is 18.1 Å². The summed E-state index contributed by atoms with van der Waals surface area (Å²) in [5, 5.41) is 7.81. The molecule has 0 spiro atoms. The second-order valence-corrected chi connectivity index (χ2v) is 5.38. The van der Waals surface area contributed by atoms with Crippen LogP contribution in [0.3, 0.4) is 0 Å². The van der Waals surface area contributed by atoms with E-state index in [0.29, 0.717) is 24.8 Å². The normalized spacial score (nSPS) is 14.4. The van der Waals surface area contributed by atoms with Gasteiger partial charge in [0, 0.05) is 12.6 Å². The first-order chi connectivity index (χ1) is 10.2. The lowest BCUT2D eigenvalue weighted by Gasteiger charge is -2.21. The van der Waals surface area contributed by atoms with Gasteiger partial charge in [0.05, 0.1) is 18.4 Å². The summed E-state index contributed by atoms with van der Waals surface area (Å²) in [5.41, 5.74) is 6.18. The van der Waals surface area contributed by atoms with Crippen LogP contribution in [0, 0.1) is 6.92 Å². The maximum atomic E-state index is 12.5. The molecule has 21 heavy (non-hydrogen) atoms. The fourth-order valence-electron chi connectivity index (χ4n) is 2.28. The Morgan fingerprint density at radius 1 is 1.52 bits per heavy atom. The fraction of sp³-hybridized carbons (Fsp3) is 0.500. The molecule has 7 heteroatoms. The number of aromatic nitrogens is 3. The van der Waals surface area contributed by atoms with Crippen LogP contribution in [0.1, 0.15) is 30.1 Å². The van der Waals surface area contributed by atoms with Crippen LogP contribution in [-0.4, -0.2) is 31.8 Å². The lowest BCUT2D eigenvalue weighted by Crippen LogP contribution is -2.35. The van der Waals surface area contributed by atoms with E-state index in [1.165, 1.54) is 4.68 Å². The number of carbonyl (C=O) groups is 1. The van der Waals surface area contributed by atoms with Crippen molar-refractivity contribution in [2.24, 2.45) is 5.73 Å². The predicted octanol–water partition coefficient (Wildman–Crippen LogP) is 0.829. The maximum absolute atomic E-state index is 12.5. The Balaban J connectivity index is 1.67. The molecule has 0 bridgehead atoms. The Hall–Kier alpha value is -2.15. The molecule has 2 aromatic rings. The number of furan rings is 1. The van der Waals surface area contributed by atoms with E-state index in [1.807, 2.05) is 24.0 Å². The van der Waals surface area contributed by atoms with Crippen molar-refractivity contribution in [2.75, 3.05) is 0 Å². The van der Waals surface area contributed by atoms with Gasteiger partial charge in [0.15, 0.2) is 0 Å². The summed E-state index contributed by atoms with van der Waals surface area (Å²) in [6, 6.07) is 4.15. The van der Waals surface area contributed by atoms with Crippen LogP contribution in [0.25, 0.3) is 0 Å². The first-order valence-electron chi connectivity index (χ1n) is 7.09. The summed E-state index contributed by atoms with van der Waals surface area (Å²) < 4.78 is 7.10.